The van der Waals surface area contributed by atoms with Crippen LogP contribution in [0.3, 0.4) is 0 Å². The highest BCUT2D eigenvalue weighted by Crippen LogP contribution is 2.29. The van der Waals surface area contributed by atoms with Crippen molar-refractivity contribution in [2.45, 2.75) is 19.9 Å². The molecule has 1 heterocycles. The number of benzene rings is 2. The minimum absolute atomic E-state index is 0.0285. The lowest BCUT2D eigenvalue weighted by Crippen LogP contribution is -2.25. The van der Waals surface area contributed by atoms with E-state index in [9.17, 15) is 14.0 Å². The molecule has 7 heteroatoms. The standard InChI is InChI=1S/C20H21FN4O2/c1-2-25-11-13(20(23)27)19(26)16-15(25)10-14(17(21)18(16)22)24-9-8-12-6-4-3-5-7-12/h3-7,10-11,24H,2,8-9,22H2,1H3,(H2,23,27). The Bertz CT molecular complexity index is 1060. The van der Waals surface area contributed by atoms with E-state index in [0.29, 0.717) is 25.0 Å². The second-order valence-electron chi connectivity index (χ2n) is 6.23. The Hall–Kier alpha value is -3.35. The van der Waals surface area contributed by atoms with Crippen molar-refractivity contribution in [3.05, 3.63) is 69.8 Å². The van der Waals surface area contributed by atoms with Crippen molar-refractivity contribution in [3.63, 3.8) is 0 Å². The Morgan fingerprint density at radius 3 is 2.59 bits per heavy atom. The van der Waals surface area contributed by atoms with Crippen LogP contribution in [0.15, 0.2) is 47.4 Å². The van der Waals surface area contributed by atoms with Gasteiger partial charge in [0.1, 0.15) is 5.56 Å². The Kier molecular flexibility index (Phi) is 5.12. The van der Waals surface area contributed by atoms with Crippen LogP contribution in [0.5, 0.6) is 0 Å². The SMILES string of the molecule is CCn1cc(C(N)=O)c(=O)c2c(N)c(F)c(NCCc3ccccc3)cc21. The molecule has 0 aliphatic rings. The summed E-state index contributed by atoms with van der Waals surface area (Å²) in [6, 6.07) is 11.4. The number of carbonyl (C=O) groups excluding carboxylic acids is 1. The predicted octanol–water partition coefficient (Wildman–Crippen LogP) is 2.50. The lowest BCUT2D eigenvalue weighted by molar-refractivity contribution is 0.0999. The number of primary amides is 1. The smallest absolute Gasteiger partial charge is 0.254 e. The summed E-state index contributed by atoms with van der Waals surface area (Å²) in [5, 5.41) is 3.01. The first-order chi connectivity index (χ1) is 12.9. The van der Waals surface area contributed by atoms with E-state index in [1.165, 1.54) is 6.20 Å². The molecule has 1 amide bonds. The van der Waals surface area contributed by atoms with Crippen LogP contribution in [0.1, 0.15) is 22.8 Å². The zero-order chi connectivity index (χ0) is 19.6. The molecule has 6 nitrogen and oxygen atoms in total. The van der Waals surface area contributed by atoms with Crippen molar-refractivity contribution >= 4 is 28.2 Å². The van der Waals surface area contributed by atoms with Crippen molar-refractivity contribution in [2.75, 3.05) is 17.6 Å². The molecule has 0 unspecified atom stereocenters. The molecule has 140 valence electrons. The molecule has 1 aromatic heterocycles. The van der Waals surface area contributed by atoms with Gasteiger partial charge >= 0.3 is 0 Å². The van der Waals surface area contributed by atoms with Gasteiger partial charge in [-0.15, -0.1) is 0 Å². The van der Waals surface area contributed by atoms with Gasteiger partial charge in [-0.25, -0.2) is 4.39 Å². The van der Waals surface area contributed by atoms with Crippen LogP contribution in [0, 0.1) is 5.82 Å². The van der Waals surface area contributed by atoms with Gasteiger partial charge < -0.3 is 21.4 Å². The van der Waals surface area contributed by atoms with Gasteiger partial charge in [-0.3, -0.25) is 9.59 Å². The summed E-state index contributed by atoms with van der Waals surface area (Å²) in [6.45, 7) is 2.81. The zero-order valence-electron chi connectivity index (χ0n) is 15.0. The van der Waals surface area contributed by atoms with E-state index in [-0.39, 0.29) is 22.3 Å². The van der Waals surface area contributed by atoms with E-state index in [2.05, 4.69) is 5.32 Å². The molecule has 3 aromatic rings. The molecular formula is C20H21FN4O2. The molecule has 0 fully saturated rings. The summed E-state index contributed by atoms with van der Waals surface area (Å²) in [4.78, 5) is 24.1. The van der Waals surface area contributed by atoms with E-state index in [4.69, 9.17) is 11.5 Å². The van der Waals surface area contributed by atoms with E-state index in [1.807, 2.05) is 37.3 Å². The van der Waals surface area contributed by atoms with Crippen LogP contribution in [0.4, 0.5) is 15.8 Å². The first-order valence-corrected chi connectivity index (χ1v) is 8.66. The fourth-order valence-corrected chi connectivity index (χ4v) is 3.10. The van der Waals surface area contributed by atoms with Crippen LogP contribution in [0.2, 0.25) is 0 Å². The van der Waals surface area contributed by atoms with Crippen molar-refractivity contribution < 1.29 is 9.18 Å². The number of hydrogen-bond donors (Lipinski definition) is 3. The van der Waals surface area contributed by atoms with Crippen molar-refractivity contribution in [1.29, 1.82) is 0 Å². The van der Waals surface area contributed by atoms with Crippen molar-refractivity contribution in [2.24, 2.45) is 5.73 Å². The summed E-state index contributed by atoms with van der Waals surface area (Å²) in [6.07, 6.45) is 2.09. The molecule has 0 spiro atoms. The number of aromatic nitrogens is 1. The third-order valence-electron chi connectivity index (χ3n) is 4.52. The fraction of sp³-hybridized carbons (Fsp3) is 0.200. The number of anilines is 2. The van der Waals surface area contributed by atoms with E-state index in [0.717, 1.165) is 5.56 Å². The van der Waals surface area contributed by atoms with Crippen LogP contribution >= 0.6 is 0 Å². The number of hydrogen-bond acceptors (Lipinski definition) is 4. The van der Waals surface area contributed by atoms with Crippen molar-refractivity contribution in [1.82, 2.24) is 4.57 Å². The highest BCUT2D eigenvalue weighted by molar-refractivity contribution is 6.00. The third-order valence-corrected chi connectivity index (χ3v) is 4.52. The summed E-state index contributed by atoms with van der Waals surface area (Å²) < 4.78 is 16.4. The number of nitrogens with two attached hydrogens (primary N) is 2. The second-order valence-corrected chi connectivity index (χ2v) is 6.23. The summed E-state index contributed by atoms with van der Waals surface area (Å²) in [5.41, 5.74) is 11.8. The molecule has 2 aromatic carbocycles. The van der Waals surface area contributed by atoms with Crippen molar-refractivity contribution in [3.8, 4) is 0 Å². The largest absolute Gasteiger partial charge is 0.396 e. The third kappa shape index (κ3) is 3.48. The number of aryl methyl sites for hydroxylation is 1. The summed E-state index contributed by atoms with van der Waals surface area (Å²) in [7, 11) is 0. The summed E-state index contributed by atoms with van der Waals surface area (Å²) in [5.74, 6) is -1.58. The molecular weight excluding hydrogens is 347 g/mol. The normalized spacial score (nSPS) is 10.9. The Balaban J connectivity index is 2.03. The minimum atomic E-state index is -0.867. The molecule has 0 bridgehead atoms. The number of carbonyl (C=O) groups is 1. The van der Waals surface area contributed by atoms with Gasteiger partial charge in [0.2, 0.25) is 5.43 Å². The molecule has 0 saturated carbocycles. The average molecular weight is 368 g/mol. The van der Waals surface area contributed by atoms with Crippen LogP contribution < -0.4 is 22.2 Å². The number of nitrogens with zero attached hydrogens (tertiary/aromatic N) is 1. The number of pyridine rings is 1. The fourth-order valence-electron chi connectivity index (χ4n) is 3.10. The highest BCUT2D eigenvalue weighted by atomic mass is 19.1. The molecule has 27 heavy (non-hydrogen) atoms. The Morgan fingerprint density at radius 1 is 1.26 bits per heavy atom. The first-order valence-electron chi connectivity index (χ1n) is 8.66. The quantitative estimate of drug-likeness (QED) is 0.582. The molecule has 0 saturated heterocycles. The highest BCUT2D eigenvalue weighted by Gasteiger charge is 2.19. The van der Waals surface area contributed by atoms with Crippen LogP contribution in [-0.4, -0.2) is 17.0 Å². The maximum atomic E-state index is 14.8. The maximum Gasteiger partial charge on any atom is 0.254 e. The molecule has 0 radical (unpaired) electrons. The van der Waals surface area contributed by atoms with E-state index < -0.39 is 17.2 Å². The monoisotopic (exact) mass is 368 g/mol. The van der Waals surface area contributed by atoms with Gasteiger partial charge in [0.05, 0.1) is 22.3 Å². The summed E-state index contributed by atoms with van der Waals surface area (Å²) >= 11 is 0. The zero-order valence-corrected chi connectivity index (χ0v) is 15.0. The molecule has 0 atom stereocenters. The molecule has 5 N–H and O–H groups in total. The number of fused-ring (bicyclic) bond motifs is 1. The lowest BCUT2D eigenvalue weighted by Gasteiger charge is -2.16. The van der Waals surface area contributed by atoms with Gasteiger partial charge in [-0.2, -0.15) is 0 Å². The second kappa shape index (κ2) is 7.49. The molecule has 0 aliphatic heterocycles. The van der Waals surface area contributed by atoms with Crippen LogP contribution in [0.25, 0.3) is 10.9 Å². The van der Waals surface area contributed by atoms with E-state index >= 15 is 0 Å². The molecule has 0 aliphatic carbocycles. The number of halogens is 1. The predicted molar refractivity (Wildman–Crippen MR) is 105 cm³/mol. The van der Waals surface area contributed by atoms with Gasteiger partial charge in [0, 0.05) is 19.3 Å². The van der Waals surface area contributed by atoms with Crippen LogP contribution in [-0.2, 0) is 13.0 Å². The lowest BCUT2D eigenvalue weighted by atomic mass is 10.1. The number of rotatable bonds is 6. The number of nitrogens with one attached hydrogen (secondary N) is 1. The van der Waals surface area contributed by atoms with Gasteiger partial charge in [-0.1, -0.05) is 30.3 Å². The molecule has 3 rings (SSSR count). The van der Waals surface area contributed by atoms with Gasteiger partial charge in [-0.05, 0) is 25.0 Å². The minimum Gasteiger partial charge on any atom is -0.396 e. The Labute approximate surface area is 155 Å². The van der Waals surface area contributed by atoms with Gasteiger partial charge in [0.25, 0.3) is 5.91 Å². The Morgan fingerprint density at radius 2 is 1.96 bits per heavy atom. The maximum absolute atomic E-state index is 14.8. The topological polar surface area (TPSA) is 103 Å². The first kappa shape index (κ1) is 18.4. The van der Waals surface area contributed by atoms with E-state index in [1.54, 1.807) is 10.6 Å². The average Bonchev–Trinajstić information content (AvgIpc) is 2.66. The van der Waals surface area contributed by atoms with Gasteiger partial charge in [0.15, 0.2) is 5.82 Å². The number of amides is 1. The number of nitrogen functional groups attached to an aromatic ring is 1.